The first kappa shape index (κ1) is 15.5. The lowest BCUT2D eigenvalue weighted by Gasteiger charge is -2.12. The number of nitrogens with one attached hydrogen (secondary N) is 1. The summed E-state index contributed by atoms with van der Waals surface area (Å²) in [6, 6.07) is 1.91. The standard InChI is InChI=1S/C12H16ClFN2O3S/c13-9-6-10(14)11(15)7-12(9)20(17,18)16-4-3-8-2-1-5-19-8/h6-8,16H,1-5,15H2. The van der Waals surface area contributed by atoms with Gasteiger partial charge in [-0.25, -0.2) is 17.5 Å². The lowest BCUT2D eigenvalue weighted by molar-refractivity contribution is 0.105. The third-order valence-electron chi connectivity index (χ3n) is 3.12. The van der Waals surface area contributed by atoms with Gasteiger partial charge in [-0.05, 0) is 31.4 Å². The molecule has 1 saturated heterocycles. The maximum Gasteiger partial charge on any atom is 0.242 e. The van der Waals surface area contributed by atoms with E-state index in [0.717, 1.165) is 31.6 Å². The molecule has 1 fully saturated rings. The summed E-state index contributed by atoms with van der Waals surface area (Å²) in [5, 5.41) is -0.193. The van der Waals surface area contributed by atoms with Crippen molar-refractivity contribution in [2.45, 2.75) is 30.3 Å². The van der Waals surface area contributed by atoms with E-state index in [2.05, 4.69) is 4.72 Å². The largest absolute Gasteiger partial charge is 0.396 e. The number of anilines is 1. The second-order valence-corrected chi connectivity index (χ2v) is 6.77. The summed E-state index contributed by atoms with van der Waals surface area (Å²) in [7, 11) is -3.81. The van der Waals surface area contributed by atoms with Gasteiger partial charge in [-0.15, -0.1) is 0 Å². The van der Waals surface area contributed by atoms with Crippen LogP contribution in [0.25, 0.3) is 0 Å². The molecule has 1 heterocycles. The molecule has 1 aliphatic heterocycles. The highest BCUT2D eigenvalue weighted by atomic mass is 35.5. The fourth-order valence-electron chi connectivity index (χ4n) is 2.05. The molecule has 1 aromatic carbocycles. The molecule has 1 unspecified atom stereocenters. The van der Waals surface area contributed by atoms with E-state index >= 15 is 0 Å². The Kier molecular flexibility index (Phi) is 4.85. The van der Waals surface area contributed by atoms with Crippen molar-refractivity contribution in [3.05, 3.63) is 23.0 Å². The van der Waals surface area contributed by atoms with E-state index < -0.39 is 15.8 Å². The Bertz CT molecular complexity index is 589. The number of hydrogen-bond donors (Lipinski definition) is 2. The van der Waals surface area contributed by atoms with E-state index in [1.165, 1.54) is 0 Å². The lowest BCUT2D eigenvalue weighted by Crippen LogP contribution is -2.27. The molecule has 1 aliphatic rings. The number of benzene rings is 1. The summed E-state index contributed by atoms with van der Waals surface area (Å²) in [4.78, 5) is -0.217. The molecule has 8 heteroatoms. The molecule has 0 bridgehead atoms. The first-order chi connectivity index (χ1) is 9.40. The molecule has 112 valence electrons. The van der Waals surface area contributed by atoms with E-state index in [0.29, 0.717) is 6.42 Å². The van der Waals surface area contributed by atoms with Gasteiger partial charge in [-0.2, -0.15) is 0 Å². The van der Waals surface area contributed by atoms with Crippen LogP contribution in [0.3, 0.4) is 0 Å². The second-order valence-electron chi connectivity index (χ2n) is 4.63. The molecule has 0 spiro atoms. The first-order valence-electron chi connectivity index (χ1n) is 6.26. The van der Waals surface area contributed by atoms with Gasteiger partial charge in [0, 0.05) is 13.2 Å². The van der Waals surface area contributed by atoms with Gasteiger partial charge in [0.2, 0.25) is 10.0 Å². The van der Waals surface area contributed by atoms with Crippen molar-refractivity contribution >= 4 is 27.3 Å². The molecular weight excluding hydrogens is 307 g/mol. The average Bonchev–Trinajstić information content (AvgIpc) is 2.86. The fraction of sp³-hybridized carbons (Fsp3) is 0.500. The minimum absolute atomic E-state index is 0.0893. The Balaban J connectivity index is 2.04. The van der Waals surface area contributed by atoms with Crippen LogP contribution in [0.5, 0.6) is 0 Å². The number of nitrogen functional groups attached to an aromatic ring is 1. The van der Waals surface area contributed by atoms with Gasteiger partial charge < -0.3 is 10.5 Å². The lowest BCUT2D eigenvalue weighted by atomic mass is 10.2. The molecule has 0 aromatic heterocycles. The molecule has 1 atom stereocenters. The third kappa shape index (κ3) is 3.60. The van der Waals surface area contributed by atoms with Crippen molar-refractivity contribution in [1.29, 1.82) is 0 Å². The van der Waals surface area contributed by atoms with E-state index in [-0.39, 0.29) is 28.3 Å². The van der Waals surface area contributed by atoms with Gasteiger partial charge in [-0.1, -0.05) is 11.6 Å². The van der Waals surface area contributed by atoms with Crippen LogP contribution in [0.1, 0.15) is 19.3 Å². The molecule has 5 nitrogen and oxygen atoms in total. The molecule has 0 aliphatic carbocycles. The maximum atomic E-state index is 13.2. The highest BCUT2D eigenvalue weighted by Crippen LogP contribution is 2.26. The number of ether oxygens (including phenoxy) is 1. The Morgan fingerprint density at radius 3 is 2.90 bits per heavy atom. The fourth-order valence-corrected chi connectivity index (χ4v) is 3.65. The average molecular weight is 323 g/mol. The summed E-state index contributed by atoms with van der Waals surface area (Å²) >= 11 is 5.75. The van der Waals surface area contributed by atoms with Crippen LogP contribution >= 0.6 is 11.6 Å². The van der Waals surface area contributed by atoms with Crippen molar-refractivity contribution < 1.29 is 17.5 Å². The van der Waals surface area contributed by atoms with Crippen molar-refractivity contribution in [2.24, 2.45) is 0 Å². The Hall–Kier alpha value is -0.890. The number of halogens is 2. The van der Waals surface area contributed by atoms with Crippen LogP contribution in [0.15, 0.2) is 17.0 Å². The Labute approximate surface area is 122 Å². The van der Waals surface area contributed by atoms with Crippen LogP contribution in [0.2, 0.25) is 5.02 Å². The van der Waals surface area contributed by atoms with Crippen LogP contribution in [0, 0.1) is 5.82 Å². The number of nitrogens with two attached hydrogens (primary N) is 1. The van der Waals surface area contributed by atoms with Crippen LogP contribution < -0.4 is 10.5 Å². The molecule has 0 saturated carbocycles. The predicted octanol–water partition coefficient (Wildman–Crippen LogP) is 1.91. The zero-order valence-electron chi connectivity index (χ0n) is 10.7. The normalized spacial score (nSPS) is 19.4. The number of hydrogen-bond acceptors (Lipinski definition) is 4. The first-order valence-corrected chi connectivity index (χ1v) is 8.12. The highest BCUT2D eigenvalue weighted by molar-refractivity contribution is 7.89. The highest BCUT2D eigenvalue weighted by Gasteiger charge is 2.21. The van der Waals surface area contributed by atoms with E-state index in [9.17, 15) is 12.8 Å². The minimum atomic E-state index is -3.81. The van der Waals surface area contributed by atoms with E-state index in [1.54, 1.807) is 0 Å². The zero-order chi connectivity index (χ0) is 14.8. The summed E-state index contributed by atoms with van der Waals surface area (Å²) < 4.78 is 45.1. The van der Waals surface area contributed by atoms with Crippen molar-refractivity contribution in [3.8, 4) is 0 Å². The molecule has 1 aromatic rings. The molecule has 0 amide bonds. The Morgan fingerprint density at radius 1 is 1.50 bits per heavy atom. The van der Waals surface area contributed by atoms with Crippen LogP contribution in [-0.4, -0.2) is 27.7 Å². The number of sulfonamides is 1. The van der Waals surface area contributed by atoms with Gasteiger partial charge in [-0.3, -0.25) is 0 Å². The topological polar surface area (TPSA) is 81.4 Å². The smallest absolute Gasteiger partial charge is 0.242 e. The van der Waals surface area contributed by atoms with Crippen molar-refractivity contribution in [3.63, 3.8) is 0 Å². The SMILES string of the molecule is Nc1cc(S(=O)(=O)NCCC2CCCO2)c(Cl)cc1F. The summed E-state index contributed by atoms with van der Waals surface area (Å²) in [6.45, 7) is 0.957. The number of rotatable bonds is 5. The molecule has 0 radical (unpaired) electrons. The molecule has 20 heavy (non-hydrogen) atoms. The Morgan fingerprint density at radius 2 is 2.25 bits per heavy atom. The van der Waals surface area contributed by atoms with Gasteiger partial charge in [0.25, 0.3) is 0 Å². The van der Waals surface area contributed by atoms with E-state index in [1.807, 2.05) is 0 Å². The summed E-state index contributed by atoms with van der Waals surface area (Å²) in [5.41, 5.74) is 5.11. The van der Waals surface area contributed by atoms with Crippen molar-refractivity contribution in [1.82, 2.24) is 4.72 Å². The van der Waals surface area contributed by atoms with Crippen LogP contribution in [-0.2, 0) is 14.8 Å². The van der Waals surface area contributed by atoms with Gasteiger partial charge in [0.05, 0.1) is 16.8 Å². The van der Waals surface area contributed by atoms with Crippen LogP contribution in [0.4, 0.5) is 10.1 Å². The minimum Gasteiger partial charge on any atom is -0.396 e. The van der Waals surface area contributed by atoms with Gasteiger partial charge in [0.1, 0.15) is 10.7 Å². The predicted molar refractivity (Wildman–Crippen MR) is 74.6 cm³/mol. The van der Waals surface area contributed by atoms with Crippen molar-refractivity contribution in [2.75, 3.05) is 18.9 Å². The van der Waals surface area contributed by atoms with Gasteiger partial charge in [0.15, 0.2) is 0 Å². The maximum absolute atomic E-state index is 13.2. The second kappa shape index (κ2) is 6.26. The summed E-state index contributed by atoms with van der Waals surface area (Å²) in [6.07, 6.45) is 2.61. The van der Waals surface area contributed by atoms with E-state index in [4.69, 9.17) is 22.1 Å². The summed E-state index contributed by atoms with van der Waals surface area (Å²) in [5.74, 6) is -0.742. The monoisotopic (exact) mass is 322 g/mol. The van der Waals surface area contributed by atoms with Gasteiger partial charge >= 0.3 is 0 Å². The molecular formula is C12H16ClFN2O3S. The molecule has 2 rings (SSSR count). The third-order valence-corrected chi connectivity index (χ3v) is 5.05. The molecule has 3 N–H and O–H groups in total. The zero-order valence-corrected chi connectivity index (χ0v) is 12.3. The quantitative estimate of drug-likeness (QED) is 0.811.